The van der Waals surface area contributed by atoms with Gasteiger partial charge in [-0.25, -0.2) is 0 Å². The average molecular weight is 244 g/mol. The summed E-state index contributed by atoms with van der Waals surface area (Å²) in [4.78, 5) is 12.4. The van der Waals surface area contributed by atoms with E-state index in [9.17, 15) is 4.79 Å². The minimum atomic E-state index is -3.40. The molecule has 0 aliphatic rings. The second kappa shape index (κ2) is 6.40. The van der Waals surface area contributed by atoms with Crippen molar-refractivity contribution < 1.29 is 18.5 Å². The first kappa shape index (κ1) is 5.11. The van der Waals surface area contributed by atoms with Crippen LogP contribution < -0.4 is 5.32 Å². The maximum atomic E-state index is 12.4. The van der Waals surface area contributed by atoms with Gasteiger partial charge in [0.15, 0.2) is 0 Å². The van der Waals surface area contributed by atoms with Crippen LogP contribution in [0.3, 0.4) is 0 Å². The SMILES string of the molecule is [2H]C([2H])([2H])C([2H])([2H])N(CC(=O)Nc1c(C)cccc1C)C([2H])([2H])C([2H])([2H])[2H]. The molecule has 0 heterocycles. The Morgan fingerprint density at radius 3 is 2.47 bits per heavy atom. The molecule has 1 N–H and O–H groups in total. The van der Waals surface area contributed by atoms with E-state index in [-0.39, 0.29) is 4.90 Å². The Balaban J connectivity index is 3.28. The molecule has 94 valence electrons. The van der Waals surface area contributed by atoms with Crippen LogP contribution >= 0.6 is 0 Å². The average Bonchev–Trinajstić information content (AvgIpc) is 2.46. The summed E-state index contributed by atoms with van der Waals surface area (Å²) >= 11 is 0. The van der Waals surface area contributed by atoms with Gasteiger partial charge in [0, 0.05) is 19.4 Å². The summed E-state index contributed by atoms with van der Waals surface area (Å²) in [5, 5.41) is 2.47. The van der Waals surface area contributed by atoms with E-state index < -0.39 is 39.1 Å². The second-order valence-electron chi connectivity index (χ2n) is 3.62. The predicted octanol–water partition coefficient (Wildman–Crippen LogP) is 2.58. The molecule has 1 rings (SSSR count). The quantitative estimate of drug-likeness (QED) is 0.863. The molecule has 0 saturated carbocycles. The first-order valence-corrected chi connectivity index (χ1v) is 5.07. The number of nitrogens with one attached hydrogen (secondary N) is 1. The maximum absolute atomic E-state index is 12.4. The Labute approximate surface area is 118 Å². The fraction of sp³-hybridized carbons (Fsp3) is 0.500. The van der Waals surface area contributed by atoms with Crippen LogP contribution in [0, 0.1) is 13.8 Å². The number of hydrogen-bond acceptors (Lipinski definition) is 2. The number of carbonyl (C=O) groups is 1. The highest BCUT2D eigenvalue weighted by atomic mass is 16.2. The standard InChI is InChI=1S/C14H22N2O/c1-5-16(6-2)10-13(17)15-14-11(3)8-7-9-12(14)4/h7-9H,5-6,10H2,1-4H3,(H,15,17)/i1D3,2D3,5D2,6D2. The number of carbonyl (C=O) groups excluding carboxylic acids is 1. The Morgan fingerprint density at radius 2 is 1.94 bits per heavy atom. The van der Waals surface area contributed by atoms with Crippen molar-refractivity contribution in [3.63, 3.8) is 0 Å². The largest absolute Gasteiger partial charge is 0.324 e. The molecule has 1 aromatic rings. The van der Waals surface area contributed by atoms with Gasteiger partial charge in [-0.2, -0.15) is 0 Å². The highest BCUT2D eigenvalue weighted by Gasteiger charge is 2.09. The van der Waals surface area contributed by atoms with Crippen molar-refractivity contribution in [2.24, 2.45) is 0 Å². The minimum Gasteiger partial charge on any atom is -0.324 e. The normalized spacial score (nSPS) is 22.5. The molecule has 0 aliphatic carbocycles. The number of hydrogen-bond donors (Lipinski definition) is 1. The molecular weight excluding hydrogens is 212 g/mol. The third kappa shape index (κ3) is 3.86. The minimum absolute atomic E-state index is 0.0665. The van der Waals surface area contributed by atoms with Crippen molar-refractivity contribution in [3.8, 4) is 0 Å². The lowest BCUT2D eigenvalue weighted by atomic mass is 10.1. The number of aryl methyl sites for hydroxylation is 2. The molecule has 1 aromatic carbocycles. The molecule has 3 nitrogen and oxygen atoms in total. The number of nitrogens with zero attached hydrogens (tertiary/aromatic N) is 1. The van der Waals surface area contributed by atoms with Crippen LogP contribution in [0.15, 0.2) is 18.2 Å². The molecule has 0 atom stereocenters. The fourth-order valence-electron chi connectivity index (χ4n) is 1.44. The molecule has 0 aliphatic heterocycles. The van der Waals surface area contributed by atoms with Crippen molar-refractivity contribution in [1.82, 2.24) is 4.90 Å². The van der Waals surface area contributed by atoms with E-state index in [2.05, 4.69) is 5.32 Å². The lowest BCUT2D eigenvalue weighted by Gasteiger charge is -2.18. The van der Waals surface area contributed by atoms with Gasteiger partial charge < -0.3 is 5.32 Å². The van der Waals surface area contributed by atoms with Crippen molar-refractivity contribution in [1.29, 1.82) is 0 Å². The molecule has 3 heteroatoms. The van der Waals surface area contributed by atoms with E-state index in [4.69, 9.17) is 13.7 Å². The van der Waals surface area contributed by atoms with Crippen LogP contribution in [0.25, 0.3) is 0 Å². The van der Waals surface area contributed by atoms with E-state index in [1.807, 2.05) is 0 Å². The number of amides is 1. The zero-order valence-electron chi connectivity index (χ0n) is 19.8. The van der Waals surface area contributed by atoms with Crippen molar-refractivity contribution in [2.75, 3.05) is 24.9 Å². The summed E-state index contributed by atoms with van der Waals surface area (Å²) < 4.78 is 75.1. The van der Waals surface area contributed by atoms with Gasteiger partial charge in [-0.3, -0.25) is 9.69 Å². The van der Waals surface area contributed by atoms with Crippen molar-refractivity contribution in [3.05, 3.63) is 29.3 Å². The van der Waals surface area contributed by atoms with E-state index in [0.29, 0.717) is 16.8 Å². The van der Waals surface area contributed by atoms with Crippen LogP contribution in [0.1, 0.15) is 38.5 Å². The zero-order chi connectivity index (χ0) is 21.4. The van der Waals surface area contributed by atoms with Gasteiger partial charge in [0.05, 0.1) is 6.54 Å². The number of rotatable bonds is 5. The van der Waals surface area contributed by atoms with Gasteiger partial charge in [0.1, 0.15) is 0 Å². The summed E-state index contributed by atoms with van der Waals surface area (Å²) in [6.07, 6.45) is 0. The predicted molar refractivity (Wildman–Crippen MR) is 72.3 cm³/mol. The van der Waals surface area contributed by atoms with Gasteiger partial charge in [-0.05, 0) is 38.0 Å². The molecule has 0 saturated heterocycles. The Hall–Kier alpha value is -1.35. The summed E-state index contributed by atoms with van der Waals surface area (Å²) in [6, 6.07) is 5.18. The number of para-hydroxylation sites is 1. The van der Waals surface area contributed by atoms with Crippen LogP contribution in [0.5, 0.6) is 0 Å². The first-order valence-electron chi connectivity index (χ1n) is 10.1. The highest BCUT2D eigenvalue weighted by molar-refractivity contribution is 5.93. The topological polar surface area (TPSA) is 32.3 Å². The zero-order valence-corrected chi connectivity index (χ0v) is 9.79. The molecule has 0 spiro atoms. The van der Waals surface area contributed by atoms with Crippen LogP contribution in [0.2, 0.25) is 0 Å². The van der Waals surface area contributed by atoms with Gasteiger partial charge >= 0.3 is 0 Å². The van der Waals surface area contributed by atoms with Gasteiger partial charge in [0.2, 0.25) is 5.91 Å². The van der Waals surface area contributed by atoms with E-state index in [1.165, 1.54) is 0 Å². The van der Waals surface area contributed by atoms with Gasteiger partial charge in [-0.1, -0.05) is 31.9 Å². The first-order chi connectivity index (χ1) is 11.9. The third-order valence-electron chi connectivity index (χ3n) is 2.32. The lowest BCUT2D eigenvalue weighted by molar-refractivity contribution is -0.117. The molecule has 0 bridgehead atoms. The lowest BCUT2D eigenvalue weighted by Crippen LogP contribution is -2.33. The summed E-state index contributed by atoms with van der Waals surface area (Å²) in [7, 11) is 0. The molecule has 17 heavy (non-hydrogen) atoms. The summed E-state index contributed by atoms with van der Waals surface area (Å²) in [5.41, 5.74) is 1.78. The van der Waals surface area contributed by atoms with Crippen molar-refractivity contribution >= 4 is 11.6 Å². The van der Waals surface area contributed by atoms with Crippen LogP contribution in [-0.2, 0) is 4.79 Å². The number of anilines is 1. The molecule has 0 radical (unpaired) electrons. The number of benzene rings is 1. The summed E-state index contributed by atoms with van der Waals surface area (Å²) in [6.45, 7) is -11.3. The highest BCUT2D eigenvalue weighted by Crippen LogP contribution is 2.19. The maximum Gasteiger partial charge on any atom is 0.238 e. The monoisotopic (exact) mass is 244 g/mol. The molecule has 0 fully saturated rings. The van der Waals surface area contributed by atoms with E-state index in [0.717, 1.165) is 0 Å². The van der Waals surface area contributed by atoms with E-state index >= 15 is 0 Å². The third-order valence-corrected chi connectivity index (χ3v) is 2.32. The van der Waals surface area contributed by atoms with Crippen LogP contribution in [0.4, 0.5) is 5.69 Å². The smallest absolute Gasteiger partial charge is 0.238 e. The van der Waals surface area contributed by atoms with Crippen LogP contribution in [-0.4, -0.2) is 30.3 Å². The van der Waals surface area contributed by atoms with Gasteiger partial charge in [-0.15, -0.1) is 0 Å². The summed E-state index contributed by atoms with van der Waals surface area (Å²) in [5.74, 6) is -0.936. The van der Waals surface area contributed by atoms with Crippen molar-refractivity contribution in [2.45, 2.75) is 27.6 Å². The fourth-order valence-corrected chi connectivity index (χ4v) is 1.44. The molecule has 0 aromatic heterocycles. The van der Waals surface area contributed by atoms with E-state index in [1.54, 1.807) is 32.0 Å². The Bertz CT molecular complexity index is 650. The Morgan fingerprint density at radius 1 is 1.35 bits per heavy atom. The molecule has 1 amide bonds. The second-order valence-corrected chi connectivity index (χ2v) is 3.62. The number of likely N-dealkylation sites (N-methyl/N-ethyl adjacent to an activating group) is 1. The van der Waals surface area contributed by atoms with Gasteiger partial charge in [0.25, 0.3) is 0 Å². The Kier molecular flexibility index (Phi) is 1.92. The molecule has 0 unspecified atom stereocenters. The molecular formula is C14H22N2O.